The highest BCUT2D eigenvalue weighted by atomic mass is 32.1. The average Bonchev–Trinajstić information content (AvgIpc) is 2.82. The third kappa shape index (κ3) is 3.24. The Kier molecular flexibility index (Phi) is 4.20. The molecule has 2 rings (SSSR count). The fraction of sp³-hybridized carbons (Fsp3) is 0.200. The van der Waals surface area contributed by atoms with E-state index in [1.807, 2.05) is 32.0 Å². The second-order valence-corrected chi connectivity index (χ2v) is 5.60. The molecule has 1 heterocycles. The molecule has 0 bridgehead atoms. The molecule has 0 aliphatic rings. The van der Waals surface area contributed by atoms with Gasteiger partial charge < -0.3 is 11.1 Å². The molecular formula is C15H16N2O2S. The number of hydrogen-bond donors (Lipinski definition) is 2. The molecule has 1 aromatic heterocycles. The Morgan fingerprint density at radius 3 is 2.70 bits per heavy atom. The van der Waals surface area contributed by atoms with Crippen molar-refractivity contribution in [3.05, 3.63) is 51.9 Å². The van der Waals surface area contributed by atoms with Gasteiger partial charge in [-0.1, -0.05) is 23.8 Å². The van der Waals surface area contributed by atoms with Crippen LogP contribution in [0, 0.1) is 13.8 Å². The number of nitrogens with two attached hydrogens (primary N) is 1. The quantitative estimate of drug-likeness (QED) is 0.907. The molecule has 4 nitrogen and oxygen atoms in total. The van der Waals surface area contributed by atoms with Crippen LogP contribution >= 0.6 is 11.3 Å². The summed E-state index contributed by atoms with van der Waals surface area (Å²) in [5.74, 6) is -0.683. The number of carbonyl (C=O) groups excluding carboxylic acids is 2. The van der Waals surface area contributed by atoms with E-state index in [-0.39, 0.29) is 12.3 Å². The predicted molar refractivity (Wildman–Crippen MR) is 81.1 cm³/mol. The zero-order chi connectivity index (χ0) is 14.7. The van der Waals surface area contributed by atoms with Gasteiger partial charge in [0.25, 0.3) is 5.91 Å². The van der Waals surface area contributed by atoms with E-state index in [2.05, 4.69) is 5.32 Å². The second-order valence-electron chi connectivity index (χ2n) is 4.68. The number of thiophene rings is 1. The zero-order valence-electron chi connectivity index (χ0n) is 11.4. The summed E-state index contributed by atoms with van der Waals surface area (Å²) in [5.41, 5.74) is 8.78. The summed E-state index contributed by atoms with van der Waals surface area (Å²) in [6.07, 6.45) is 0.281. The van der Waals surface area contributed by atoms with Crippen molar-refractivity contribution in [2.24, 2.45) is 5.73 Å². The number of anilines is 1. The van der Waals surface area contributed by atoms with E-state index in [1.165, 1.54) is 11.3 Å². The number of aryl methyl sites for hydroxylation is 2. The lowest BCUT2D eigenvalue weighted by atomic mass is 10.0. The molecule has 104 valence electrons. The molecule has 0 saturated heterocycles. The Labute approximate surface area is 121 Å². The van der Waals surface area contributed by atoms with Gasteiger partial charge in [-0.3, -0.25) is 9.59 Å². The monoisotopic (exact) mass is 288 g/mol. The lowest BCUT2D eigenvalue weighted by Crippen LogP contribution is -2.18. The van der Waals surface area contributed by atoms with E-state index in [0.29, 0.717) is 10.6 Å². The largest absolute Gasteiger partial charge is 0.366 e. The molecule has 0 saturated carbocycles. The van der Waals surface area contributed by atoms with Gasteiger partial charge in [-0.15, -0.1) is 11.3 Å². The fourth-order valence-electron chi connectivity index (χ4n) is 1.93. The van der Waals surface area contributed by atoms with Crippen molar-refractivity contribution in [1.82, 2.24) is 0 Å². The Hall–Kier alpha value is -2.14. The van der Waals surface area contributed by atoms with Crippen LogP contribution in [-0.2, 0) is 11.2 Å². The van der Waals surface area contributed by atoms with Crippen molar-refractivity contribution in [3.8, 4) is 0 Å². The zero-order valence-corrected chi connectivity index (χ0v) is 12.2. The van der Waals surface area contributed by atoms with Crippen LogP contribution in [0.3, 0.4) is 0 Å². The van der Waals surface area contributed by atoms with Gasteiger partial charge in [0.05, 0.1) is 12.0 Å². The van der Waals surface area contributed by atoms with E-state index in [1.54, 1.807) is 11.4 Å². The molecule has 0 fully saturated rings. The van der Waals surface area contributed by atoms with E-state index in [0.717, 1.165) is 16.7 Å². The first kappa shape index (κ1) is 14.3. The molecule has 20 heavy (non-hydrogen) atoms. The smallest absolute Gasteiger partial charge is 0.251 e. The van der Waals surface area contributed by atoms with E-state index in [4.69, 9.17) is 5.73 Å². The summed E-state index contributed by atoms with van der Waals surface area (Å²) in [5, 5.41) is 4.98. The van der Waals surface area contributed by atoms with Gasteiger partial charge in [0.1, 0.15) is 5.00 Å². The first-order chi connectivity index (χ1) is 9.47. The molecule has 3 N–H and O–H groups in total. The summed E-state index contributed by atoms with van der Waals surface area (Å²) < 4.78 is 0. The summed E-state index contributed by atoms with van der Waals surface area (Å²) >= 11 is 1.29. The lowest BCUT2D eigenvalue weighted by molar-refractivity contribution is -0.115. The van der Waals surface area contributed by atoms with E-state index < -0.39 is 5.91 Å². The number of hydrogen-bond acceptors (Lipinski definition) is 3. The van der Waals surface area contributed by atoms with Crippen LogP contribution in [0.1, 0.15) is 27.0 Å². The number of benzene rings is 1. The number of nitrogens with one attached hydrogen (secondary N) is 1. The van der Waals surface area contributed by atoms with Gasteiger partial charge >= 0.3 is 0 Å². The van der Waals surface area contributed by atoms with Crippen LogP contribution in [0.15, 0.2) is 29.6 Å². The number of amides is 2. The highest BCUT2D eigenvalue weighted by molar-refractivity contribution is 7.14. The Morgan fingerprint density at radius 1 is 1.25 bits per heavy atom. The minimum absolute atomic E-state index is 0.149. The van der Waals surface area contributed by atoms with Crippen molar-refractivity contribution in [3.63, 3.8) is 0 Å². The summed E-state index contributed by atoms with van der Waals surface area (Å²) in [4.78, 5) is 23.3. The van der Waals surface area contributed by atoms with Crippen molar-refractivity contribution in [2.45, 2.75) is 20.3 Å². The highest BCUT2D eigenvalue weighted by Gasteiger charge is 2.13. The fourth-order valence-corrected chi connectivity index (χ4v) is 2.74. The van der Waals surface area contributed by atoms with Crippen molar-refractivity contribution in [1.29, 1.82) is 0 Å². The minimum atomic E-state index is -0.534. The maximum atomic E-state index is 12.1. The number of carbonyl (C=O) groups is 2. The summed E-state index contributed by atoms with van der Waals surface area (Å²) in [6, 6.07) is 7.62. The molecule has 0 spiro atoms. The van der Waals surface area contributed by atoms with E-state index >= 15 is 0 Å². The topological polar surface area (TPSA) is 72.2 Å². The van der Waals surface area contributed by atoms with Crippen molar-refractivity contribution >= 4 is 28.2 Å². The molecule has 2 amide bonds. The average molecular weight is 288 g/mol. The Balaban J connectivity index is 2.11. The number of primary amides is 1. The third-order valence-corrected chi connectivity index (χ3v) is 3.87. The van der Waals surface area contributed by atoms with Crippen LogP contribution in [0.4, 0.5) is 5.00 Å². The molecule has 0 atom stereocenters. The SMILES string of the molecule is Cc1ccc(C)c(CC(=O)Nc2sccc2C(N)=O)c1. The van der Waals surface area contributed by atoms with Crippen molar-refractivity contribution in [2.75, 3.05) is 5.32 Å². The van der Waals surface area contributed by atoms with Crippen LogP contribution in [0.25, 0.3) is 0 Å². The summed E-state index contributed by atoms with van der Waals surface area (Å²) in [6.45, 7) is 3.97. The second kappa shape index (κ2) is 5.88. The molecule has 1 aromatic carbocycles. The van der Waals surface area contributed by atoms with Crippen LogP contribution in [0.5, 0.6) is 0 Å². The third-order valence-electron chi connectivity index (χ3n) is 3.04. The van der Waals surface area contributed by atoms with Crippen LogP contribution in [-0.4, -0.2) is 11.8 Å². The van der Waals surface area contributed by atoms with Gasteiger partial charge in [0, 0.05) is 0 Å². The first-order valence-corrected chi connectivity index (χ1v) is 7.08. The van der Waals surface area contributed by atoms with Gasteiger partial charge in [-0.25, -0.2) is 0 Å². The number of rotatable bonds is 4. The van der Waals surface area contributed by atoms with Gasteiger partial charge in [-0.2, -0.15) is 0 Å². The van der Waals surface area contributed by atoms with E-state index in [9.17, 15) is 9.59 Å². The minimum Gasteiger partial charge on any atom is -0.366 e. The lowest BCUT2D eigenvalue weighted by Gasteiger charge is -2.08. The van der Waals surface area contributed by atoms with Gasteiger partial charge in [-0.05, 0) is 36.4 Å². The van der Waals surface area contributed by atoms with Gasteiger partial charge in [0.15, 0.2) is 0 Å². The molecule has 5 heteroatoms. The molecule has 0 aliphatic carbocycles. The maximum Gasteiger partial charge on any atom is 0.251 e. The molecule has 2 aromatic rings. The normalized spacial score (nSPS) is 10.3. The van der Waals surface area contributed by atoms with Crippen molar-refractivity contribution < 1.29 is 9.59 Å². The van der Waals surface area contributed by atoms with Gasteiger partial charge in [0.2, 0.25) is 5.91 Å². The Morgan fingerprint density at radius 2 is 2.00 bits per heavy atom. The highest BCUT2D eigenvalue weighted by Crippen LogP contribution is 2.23. The molecule has 0 unspecified atom stereocenters. The summed E-state index contributed by atoms with van der Waals surface area (Å²) in [7, 11) is 0. The maximum absolute atomic E-state index is 12.1. The first-order valence-electron chi connectivity index (χ1n) is 6.20. The molecular weight excluding hydrogens is 272 g/mol. The molecule has 0 radical (unpaired) electrons. The van der Waals surface area contributed by atoms with Crippen LogP contribution < -0.4 is 11.1 Å². The predicted octanol–water partition coefficient (Wildman–Crippen LogP) is 2.65. The standard InChI is InChI=1S/C15H16N2O2S/c1-9-3-4-10(2)11(7-9)8-13(18)17-15-12(14(16)19)5-6-20-15/h3-7H,8H2,1-2H3,(H2,16,19)(H,17,18). The Bertz CT molecular complexity index is 662. The molecule has 0 aliphatic heterocycles. The van der Waals surface area contributed by atoms with Crippen LogP contribution in [0.2, 0.25) is 0 Å².